The fourth-order valence-corrected chi connectivity index (χ4v) is 7.27. The summed E-state index contributed by atoms with van der Waals surface area (Å²) in [7, 11) is 0. The van der Waals surface area contributed by atoms with Crippen molar-refractivity contribution in [3.63, 3.8) is 0 Å². The maximum absolute atomic E-state index is 9.01. The van der Waals surface area contributed by atoms with Crippen LogP contribution in [-0.2, 0) is 0 Å². The fraction of sp³-hybridized carbons (Fsp3) is 0. The van der Waals surface area contributed by atoms with E-state index < -0.39 is 0 Å². The summed E-state index contributed by atoms with van der Waals surface area (Å²) in [5.41, 5.74) is 12.8. The molecular weight excluding hydrogens is 669 g/mol. The molecule has 0 atom stereocenters. The number of benzene rings is 8. The number of aliphatic imine (C=N–C) groups is 2. The molecule has 55 heavy (non-hydrogen) atoms. The third-order valence-corrected chi connectivity index (χ3v) is 9.96. The molecule has 0 unspecified atom stereocenters. The van der Waals surface area contributed by atoms with Crippen molar-refractivity contribution >= 4 is 39.7 Å². The number of aromatic nitrogens is 1. The molecule has 0 bridgehead atoms. The maximum Gasteiger partial charge on any atom is 0.161 e. The quantitative estimate of drug-likeness (QED) is 0.127. The van der Waals surface area contributed by atoms with E-state index in [2.05, 4.69) is 132 Å². The van der Waals surface area contributed by atoms with Gasteiger partial charge in [-0.15, -0.1) is 0 Å². The Morgan fingerprint density at radius 2 is 1.02 bits per heavy atom. The first-order valence-electron chi connectivity index (χ1n) is 18.4. The molecule has 4 heteroatoms. The predicted octanol–water partition coefficient (Wildman–Crippen LogP) is 12.7. The minimum absolute atomic E-state index is 0.152. The predicted molar refractivity (Wildman–Crippen MR) is 231 cm³/mol. The summed E-state index contributed by atoms with van der Waals surface area (Å²) >= 11 is 0. The zero-order valence-electron chi connectivity index (χ0n) is 30.0. The SMILES string of the molecule is N=C(N=C(N=Cc1ccccc1)c1ccccc1)c1cccc(-c2ccc(-c3cccc4c3c3cc(-c5ccccc5)ccc3n4-c3ccccc3)cc2)c1. The number of rotatable bonds is 7. The Bertz CT molecular complexity index is 2840. The molecule has 0 saturated heterocycles. The highest BCUT2D eigenvalue weighted by molar-refractivity contribution is 6.17. The Balaban J connectivity index is 1.08. The molecule has 9 aromatic rings. The Labute approximate surface area is 320 Å². The van der Waals surface area contributed by atoms with Crippen LogP contribution in [0.1, 0.15) is 16.7 Å². The van der Waals surface area contributed by atoms with Crippen molar-refractivity contribution in [3.05, 3.63) is 223 Å². The molecule has 1 N–H and O–H groups in total. The van der Waals surface area contributed by atoms with Crippen LogP contribution in [0.4, 0.5) is 0 Å². The Morgan fingerprint density at radius 1 is 0.455 bits per heavy atom. The van der Waals surface area contributed by atoms with Gasteiger partial charge >= 0.3 is 0 Å². The number of nitrogens with one attached hydrogen (secondary N) is 1. The molecule has 0 fully saturated rings. The number of fused-ring (bicyclic) bond motifs is 3. The minimum atomic E-state index is 0.152. The van der Waals surface area contributed by atoms with E-state index in [1.807, 2.05) is 78.9 Å². The fourth-order valence-electron chi connectivity index (χ4n) is 7.27. The van der Waals surface area contributed by atoms with Crippen molar-refractivity contribution < 1.29 is 0 Å². The second-order valence-electron chi connectivity index (χ2n) is 13.4. The lowest BCUT2D eigenvalue weighted by atomic mass is 9.95. The molecule has 260 valence electrons. The van der Waals surface area contributed by atoms with E-state index in [0.29, 0.717) is 5.84 Å². The average Bonchev–Trinajstić information content (AvgIpc) is 3.60. The highest BCUT2D eigenvalue weighted by atomic mass is 15.0. The highest BCUT2D eigenvalue weighted by Crippen LogP contribution is 2.40. The van der Waals surface area contributed by atoms with Crippen LogP contribution in [0.5, 0.6) is 0 Å². The van der Waals surface area contributed by atoms with Gasteiger partial charge in [0.25, 0.3) is 0 Å². The van der Waals surface area contributed by atoms with E-state index in [1.165, 1.54) is 38.5 Å². The van der Waals surface area contributed by atoms with Crippen molar-refractivity contribution in [2.45, 2.75) is 0 Å². The summed E-state index contributed by atoms with van der Waals surface area (Å²) in [6, 6.07) is 71.2. The van der Waals surface area contributed by atoms with E-state index in [-0.39, 0.29) is 5.84 Å². The van der Waals surface area contributed by atoms with Crippen LogP contribution < -0.4 is 0 Å². The molecule has 0 spiro atoms. The minimum Gasteiger partial charge on any atom is -0.309 e. The molecule has 4 nitrogen and oxygen atoms in total. The number of nitrogens with zero attached hydrogens (tertiary/aromatic N) is 3. The van der Waals surface area contributed by atoms with E-state index in [4.69, 9.17) is 15.4 Å². The Morgan fingerprint density at radius 3 is 1.76 bits per heavy atom. The lowest BCUT2D eigenvalue weighted by Crippen LogP contribution is -2.04. The Kier molecular flexibility index (Phi) is 9.05. The van der Waals surface area contributed by atoms with Crippen LogP contribution >= 0.6 is 0 Å². The molecule has 0 radical (unpaired) electrons. The topological polar surface area (TPSA) is 53.5 Å². The van der Waals surface area contributed by atoms with Gasteiger partial charge in [0.15, 0.2) is 11.7 Å². The van der Waals surface area contributed by atoms with Crippen LogP contribution in [0.3, 0.4) is 0 Å². The van der Waals surface area contributed by atoms with Crippen molar-refractivity contribution in [3.8, 4) is 39.1 Å². The number of amidine groups is 2. The molecule has 8 aromatic carbocycles. The zero-order chi connectivity index (χ0) is 37.0. The van der Waals surface area contributed by atoms with E-state index in [9.17, 15) is 0 Å². The molecule has 9 rings (SSSR count). The standard InChI is InChI=1S/C51H36N4/c52-50(54-51(40-19-9-3-10-20-40)53-35-36-15-5-1-6-16-36)43-22-13-21-41(33-43)38-27-29-39(30-28-38)45-25-14-26-48-49(45)46-34-42(37-17-7-2-8-18-37)31-32-47(46)55(48)44-23-11-4-12-24-44/h1-35,52H. The molecule has 0 saturated carbocycles. The molecule has 0 aliphatic carbocycles. The third-order valence-electron chi connectivity index (χ3n) is 9.96. The molecular formula is C51H36N4. The maximum atomic E-state index is 9.01. The number of hydrogen-bond donors (Lipinski definition) is 1. The van der Waals surface area contributed by atoms with Gasteiger partial charge in [0.1, 0.15) is 0 Å². The van der Waals surface area contributed by atoms with E-state index in [1.54, 1.807) is 6.21 Å². The normalized spacial score (nSPS) is 11.7. The monoisotopic (exact) mass is 704 g/mol. The Hall–Kier alpha value is -7.43. The van der Waals surface area contributed by atoms with Crippen LogP contribution in [0.25, 0.3) is 60.9 Å². The molecule has 0 amide bonds. The second kappa shape index (κ2) is 14.9. The van der Waals surface area contributed by atoms with Gasteiger partial charge in [0.05, 0.1) is 11.0 Å². The van der Waals surface area contributed by atoms with Gasteiger partial charge in [0, 0.05) is 33.8 Å². The van der Waals surface area contributed by atoms with Crippen molar-refractivity contribution in [1.29, 1.82) is 5.41 Å². The number of para-hydroxylation sites is 1. The van der Waals surface area contributed by atoms with Gasteiger partial charge in [-0.05, 0) is 75.3 Å². The summed E-state index contributed by atoms with van der Waals surface area (Å²) in [6.07, 6.45) is 1.79. The van der Waals surface area contributed by atoms with Gasteiger partial charge in [0.2, 0.25) is 0 Å². The summed E-state index contributed by atoms with van der Waals surface area (Å²) in [6.45, 7) is 0. The first-order chi connectivity index (χ1) is 27.2. The molecule has 0 aliphatic heterocycles. The zero-order valence-corrected chi connectivity index (χ0v) is 30.0. The first-order valence-corrected chi connectivity index (χ1v) is 18.4. The van der Waals surface area contributed by atoms with Crippen LogP contribution in [0, 0.1) is 5.41 Å². The van der Waals surface area contributed by atoms with Crippen molar-refractivity contribution in [2.75, 3.05) is 0 Å². The van der Waals surface area contributed by atoms with Crippen molar-refractivity contribution in [1.82, 2.24) is 4.57 Å². The summed E-state index contributed by atoms with van der Waals surface area (Å²) < 4.78 is 2.37. The largest absolute Gasteiger partial charge is 0.309 e. The average molecular weight is 705 g/mol. The summed E-state index contributed by atoms with van der Waals surface area (Å²) in [5, 5.41) is 11.5. The second-order valence-corrected chi connectivity index (χ2v) is 13.4. The number of hydrogen-bond acceptors (Lipinski definition) is 1. The smallest absolute Gasteiger partial charge is 0.161 e. The lowest BCUT2D eigenvalue weighted by molar-refractivity contribution is 1.18. The lowest BCUT2D eigenvalue weighted by Gasteiger charge is -2.10. The van der Waals surface area contributed by atoms with Gasteiger partial charge in [-0.25, -0.2) is 9.98 Å². The molecule has 0 aliphatic rings. The van der Waals surface area contributed by atoms with Gasteiger partial charge in [-0.2, -0.15) is 0 Å². The van der Waals surface area contributed by atoms with E-state index in [0.717, 1.165) is 39.1 Å². The van der Waals surface area contributed by atoms with Crippen LogP contribution in [0.2, 0.25) is 0 Å². The molecule has 1 aromatic heterocycles. The van der Waals surface area contributed by atoms with Gasteiger partial charge < -0.3 is 4.57 Å². The van der Waals surface area contributed by atoms with Crippen molar-refractivity contribution in [2.24, 2.45) is 9.98 Å². The van der Waals surface area contributed by atoms with Gasteiger partial charge in [-0.3, -0.25) is 5.41 Å². The third kappa shape index (κ3) is 6.81. The van der Waals surface area contributed by atoms with Gasteiger partial charge in [-0.1, -0.05) is 170 Å². The van der Waals surface area contributed by atoms with Crippen LogP contribution in [-0.4, -0.2) is 22.5 Å². The highest BCUT2D eigenvalue weighted by Gasteiger charge is 2.17. The molecule has 1 heterocycles. The summed E-state index contributed by atoms with van der Waals surface area (Å²) in [4.78, 5) is 9.43. The summed E-state index contributed by atoms with van der Waals surface area (Å²) in [5.74, 6) is 0.641. The first kappa shape index (κ1) is 33.4. The van der Waals surface area contributed by atoms with E-state index >= 15 is 0 Å². The van der Waals surface area contributed by atoms with Crippen LogP contribution in [0.15, 0.2) is 216 Å².